The number of rotatable bonds is 6. The molecule has 4 aromatic rings. The van der Waals surface area contributed by atoms with Gasteiger partial charge < -0.3 is 14.8 Å². The van der Waals surface area contributed by atoms with Crippen molar-refractivity contribution < 1.29 is 14.6 Å². The van der Waals surface area contributed by atoms with Crippen molar-refractivity contribution in [3.05, 3.63) is 65.3 Å². The van der Waals surface area contributed by atoms with Crippen LogP contribution in [0, 0.1) is 6.92 Å². The molecule has 4 rings (SSSR count). The van der Waals surface area contributed by atoms with Crippen molar-refractivity contribution in [2.45, 2.75) is 13.5 Å². The average molecular weight is 393 g/mol. The maximum absolute atomic E-state index is 11.1. The first kappa shape index (κ1) is 17.8. The van der Waals surface area contributed by atoms with E-state index in [2.05, 4.69) is 24.9 Å². The zero-order valence-corrected chi connectivity index (χ0v) is 15.6. The van der Waals surface area contributed by atoms with E-state index in [9.17, 15) is 4.79 Å². The van der Waals surface area contributed by atoms with Crippen LogP contribution in [0.25, 0.3) is 21.8 Å². The number of hydrogen-bond acceptors (Lipinski definition) is 7. The van der Waals surface area contributed by atoms with E-state index in [1.54, 1.807) is 30.7 Å². The lowest BCUT2D eigenvalue weighted by molar-refractivity contribution is 0.0691. The predicted octanol–water partition coefficient (Wildman–Crippen LogP) is 3.58. The number of hydrogen-bond donors (Lipinski definition) is 2. The molecule has 8 nitrogen and oxygen atoms in total. The zero-order chi connectivity index (χ0) is 19.5. The first-order valence-corrected chi connectivity index (χ1v) is 9.17. The molecule has 0 fully saturated rings. The van der Waals surface area contributed by atoms with Gasteiger partial charge in [-0.1, -0.05) is 6.07 Å². The molecule has 4 heterocycles. The van der Waals surface area contributed by atoms with Gasteiger partial charge in [-0.15, -0.1) is 11.3 Å². The van der Waals surface area contributed by atoms with Crippen molar-refractivity contribution in [1.82, 2.24) is 24.9 Å². The highest BCUT2D eigenvalue weighted by molar-refractivity contribution is 7.15. The third-order valence-corrected chi connectivity index (χ3v) is 5.05. The maximum Gasteiger partial charge on any atom is 0.352 e. The van der Waals surface area contributed by atoms with E-state index in [1.807, 2.05) is 25.1 Å². The average Bonchev–Trinajstić information content (AvgIpc) is 3.34. The molecule has 9 heteroatoms. The summed E-state index contributed by atoms with van der Waals surface area (Å²) in [6.45, 7) is 2.19. The van der Waals surface area contributed by atoms with Gasteiger partial charge in [0.15, 0.2) is 0 Å². The fraction of sp³-hybridized carbons (Fsp3) is 0.105. The van der Waals surface area contributed by atoms with E-state index in [0.717, 1.165) is 21.3 Å². The minimum absolute atomic E-state index is 0.124. The van der Waals surface area contributed by atoms with Crippen LogP contribution < -0.4 is 4.74 Å². The summed E-state index contributed by atoms with van der Waals surface area (Å²) in [6, 6.07) is 9.22. The molecule has 0 spiro atoms. The van der Waals surface area contributed by atoms with Crippen molar-refractivity contribution in [2.75, 3.05) is 0 Å². The fourth-order valence-corrected chi connectivity index (χ4v) is 3.57. The zero-order valence-electron chi connectivity index (χ0n) is 14.8. The molecule has 0 unspecified atom stereocenters. The highest BCUT2D eigenvalue weighted by atomic mass is 32.1. The van der Waals surface area contributed by atoms with E-state index in [0.29, 0.717) is 17.3 Å². The SMILES string of the molecule is Cc1nc(COc2ncccn2)sc1-c1cccc(-c2c[nH]c(C(=O)O)c2)n1. The fourth-order valence-electron chi connectivity index (χ4n) is 2.63. The van der Waals surface area contributed by atoms with Crippen LogP contribution in [-0.2, 0) is 6.61 Å². The Kier molecular flexibility index (Phi) is 4.81. The molecule has 0 aliphatic heterocycles. The Labute approximate surface area is 163 Å². The number of carboxylic acid groups (broad SMARTS) is 1. The van der Waals surface area contributed by atoms with Gasteiger partial charge in [0.05, 0.1) is 22.0 Å². The number of aromatic nitrogens is 5. The number of nitrogens with one attached hydrogen (secondary N) is 1. The van der Waals surface area contributed by atoms with Gasteiger partial charge in [-0.05, 0) is 31.2 Å². The van der Waals surface area contributed by atoms with E-state index in [1.165, 1.54) is 11.3 Å². The summed E-state index contributed by atoms with van der Waals surface area (Å²) in [5.41, 5.74) is 3.14. The molecule has 0 saturated carbocycles. The second kappa shape index (κ2) is 7.57. The lowest BCUT2D eigenvalue weighted by Gasteiger charge is -2.02. The van der Waals surface area contributed by atoms with Crippen LogP contribution in [0.2, 0.25) is 0 Å². The number of aryl methyl sites for hydroxylation is 1. The minimum atomic E-state index is -1.01. The highest BCUT2D eigenvalue weighted by Crippen LogP contribution is 2.31. The first-order valence-electron chi connectivity index (χ1n) is 8.36. The molecule has 140 valence electrons. The van der Waals surface area contributed by atoms with E-state index < -0.39 is 5.97 Å². The number of carboxylic acids is 1. The van der Waals surface area contributed by atoms with Crippen molar-refractivity contribution in [3.63, 3.8) is 0 Å². The Morgan fingerprint density at radius 2 is 1.96 bits per heavy atom. The molecule has 4 aromatic heterocycles. The van der Waals surface area contributed by atoms with Gasteiger partial charge in [0.2, 0.25) is 0 Å². The summed E-state index contributed by atoms with van der Waals surface area (Å²) >= 11 is 1.49. The normalized spacial score (nSPS) is 10.8. The van der Waals surface area contributed by atoms with Gasteiger partial charge in [-0.25, -0.2) is 24.7 Å². The predicted molar refractivity (Wildman–Crippen MR) is 103 cm³/mol. The molecule has 0 bridgehead atoms. The van der Waals surface area contributed by atoms with Gasteiger partial charge in [-0.3, -0.25) is 0 Å². The minimum Gasteiger partial charge on any atom is -0.477 e. The molecule has 0 aliphatic rings. The summed E-state index contributed by atoms with van der Waals surface area (Å²) in [4.78, 5) is 32.0. The standard InChI is InChI=1S/C19H15N5O3S/c1-11-17(28-16(23-11)10-27-19-20-6-3-7-21-19)14-5-2-4-13(24-14)12-8-15(18(25)26)22-9-12/h2-9,22H,10H2,1H3,(H,25,26). The third-order valence-electron chi connectivity index (χ3n) is 3.90. The van der Waals surface area contributed by atoms with Gasteiger partial charge >= 0.3 is 12.0 Å². The molecule has 2 N–H and O–H groups in total. The van der Waals surface area contributed by atoms with Crippen molar-refractivity contribution in [1.29, 1.82) is 0 Å². The van der Waals surface area contributed by atoms with Gasteiger partial charge in [0.1, 0.15) is 17.3 Å². The summed E-state index contributed by atoms with van der Waals surface area (Å²) in [5, 5.41) is 9.86. The lowest BCUT2D eigenvalue weighted by Crippen LogP contribution is -1.98. The summed E-state index contributed by atoms with van der Waals surface area (Å²) in [7, 11) is 0. The molecular formula is C19H15N5O3S. The summed E-state index contributed by atoms with van der Waals surface area (Å²) in [5.74, 6) is -1.01. The molecule has 0 aromatic carbocycles. The molecular weight excluding hydrogens is 378 g/mol. The van der Waals surface area contributed by atoms with Crippen molar-refractivity contribution in [2.24, 2.45) is 0 Å². The maximum atomic E-state index is 11.1. The van der Waals surface area contributed by atoms with Crippen LogP contribution >= 0.6 is 11.3 Å². The number of nitrogens with zero attached hydrogens (tertiary/aromatic N) is 4. The number of aromatic carboxylic acids is 1. The topological polar surface area (TPSA) is 114 Å². The summed E-state index contributed by atoms with van der Waals surface area (Å²) in [6.07, 6.45) is 4.87. The van der Waals surface area contributed by atoms with Crippen LogP contribution in [0.4, 0.5) is 0 Å². The Morgan fingerprint density at radius 3 is 2.71 bits per heavy atom. The van der Waals surface area contributed by atoms with E-state index in [4.69, 9.17) is 9.84 Å². The number of thiazole rings is 1. The highest BCUT2D eigenvalue weighted by Gasteiger charge is 2.14. The van der Waals surface area contributed by atoms with Crippen LogP contribution in [0.1, 0.15) is 21.2 Å². The van der Waals surface area contributed by atoms with E-state index in [-0.39, 0.29) is 12.3 Å². The number of aromatic amines is 1. The number of carbonyl (C=O) groups is 1. The second-order valence-corrected chi connectivity index (χ2v) is 6.94. The van der Waals surface area contributed by atoms with Crippen LogP contribution in [-0.4, -0.2) is 36.0 Å². The molecule has 0 radical (unpaired) electrons. The summed E-state index contributed by atoms with van der Waals surface area (Å²) < 4.78 is 5.56. The Hall–Kier alpha value is -3.59. The van der Waals surface area contributed by atoms with Crippen molar-refractivity contribution in [3.8, 4) is 27.8 Å². The quantitative estimate of drug-likeness (QED) is 0.515. The van der Waals surface area contributed by atoms with Crippen LogP contribution in [0.5, 0.6) is 6.01 Å². The number of H-pyrrole nitrogens is 1. The smallest absolute Gasteiger partial charge is 0.352 e. The molecule has 0 saturated heterocycles. The number of ether oxygens (including phenoxy) is 1. The molecule has 28 heavy (non-hydrogen) atoms. The van der Waals surface area contributed by atoms with Crippen molar-refractivity contribution >= 4 is 17.3 Å². The largest absolute Gasteiger partial charge is 0.477 e. The first-order chi connectivity index (χ1) is 13.6. The van der Waals surface area contributed by atoms with Gasteiger partial charge in [0, 0.05) is 24.2 Å². The Balaban J connectivity index is 1.57. The Morgan fingerprint density at radius 1 is 1.18 bits per heavy atom. The third kappa shape index (κ3) is 3.74. The molecule has 0 atom stereocenters. The lowest BCUT2D eigenvalue weighted by atomic mass is 10.2. The van der Waals surface area contributed by atoms with Crippen LogP contribution in [0.3, 0.4) is 0 Å². The molecule has 0 aliphatic carbocycles. The van der Waals surface area contributed by atoms with Crippen LogP contribution in [0.15, 0.2) is 48.9 Å². The monoisotopic (exact) mass is 393 g/mol. The second-order valence-electron chi connectivity index (χ2n) is 5.86. The van der Waals surface area contributed by atoms with Gasteiger partial charge in [0.25, 0.3) is 0 Å². The molecule has 0 amide bonds. The van der Waals surface area contributed by atoms with E-state index >= 15 is 0 Å². The Bertz CT molecular complexity index is 1120. The van der Waals surface area contributed by atoms with Gasteiger partial charge in [-0.2, -0.15) is 0 Å². The number of pyridine rings is 1.